The van der Waals surface area contributed by atoms with Gasteiger partial charge in [-0.1, -0.05) is 18.7 Å². The number of aliphatic hydroxyl groups is 1. The Morgan fingerprint density at radius 3 is 1.62 bits per heavy atom. The second-order valence-electron chi connectivity index (χ2n) is 7.68. The van der Waals surface area contributed by atoms with E-state index in [1.54, 1.807) is 6.92 Å². The third kappa shape index (κ3) is 4.69. The minimum Gasteiger partial charge on any atom is -0.461 e. The molecule has 1 N–H and O–H groups in total. The van der Waals surface area contributed by atoms with E-state index in [4.69, 9.17) is 4.74 Å². The smallest absolute Gasteiger partial charge is 0.219 e. The first-order valence-corrected chi connectivity index (χ1v) is 9.81. The Labute approximate surface area is 173 Å². The molecular formula is C26H29NO2. The van der Waals surface area contributed by atoms with Crippen LogP contribution in [0, 0.1) is 27.7 Å². The lowest BCUT2D eigenvalue weighted by atomic mass is 10.1. The van der Waals surface area contributed by atoms with Crippen LogP contribution in [0.2, 0.25) is 0 Å². The Balaban J connectivity index is 2.04. The fraction of sp³-hybridized carbons (Fsp3) is 0.231. The molecule has 0 amide bonds. The van der Waals surface area contributed by atoms with Gasteiger partial charge >= 0.3 is 0 Å². The number of aliphatic hydroxyl groups excluding tert-OH is 1. The van der Waals surface area contributed by atoms with E-state index in [1.165, 1.54) is 22.3 Å². The Morgan fingerprint density at radius 2 is 1.21 bits per heavy atom. The summed E-state index contributed by atoms with van der Waals surface area (Å²) >= 11 is 0. The van der Waals surface area contributed by atoms with E-state index in [9.17, 15) is 5.11 Å². The van der Waals surface area contributed by atoms with Crippen molar-refractivity contribution in [3.8, 4) is 5.75 Å². The molecule has 0 aliphatic rings. The maximum absolute atomic E-state index is 9.90. The molecule has 0 fully saturated rings. The molecule has 0 aliphatic heterocycles. The number of ether oxygens (including phenoxy) is 1. The summed E-state index contributed by atoms with van der Waals surface area (Å²) in [5.74, 6) is 0.601. The molecule has 0 bridgehead atoms. The molecule has 0 aliphatic carbocycles. The first-order valence-electron chi connectivity index (χ1n) is 9.81. The Bertz CT molecular complexity index is 970. The minimum absolute atomic E-state index is 0.570. The standard InChI is InChI=1S/C26H29NO2/c1-17(2)26(28)29-25-13-11-22(12-14-25)27(23-9-7-18(3)20(5)15-23)24-10-8-19(4)21(6)16-24/h7-16,26,28H,1H2,2-6H3. The van der Waals surface area contributed by atoms with E-state index in [0.717, 1.165) is 17.1 Å². The topological polar surface area (TPSA) is 32.7 Å². The normalized spacial score (nSPS) is 11.8. The van der Waals surface area contributed by atoms with Crippen molar-refractivity contribution in [1.82, 2.24) is 0 Å². The number of hydrogen-bond acceptors (Lipinski definition) is 3. The molecule has 0 spiro atoms. The summed E-state index contributed by atoms with van der Waals surface area (Å²) in [5.41, 5.74) is 8.84. The zero-order valence-electron chi connectivity index (χ0n) is 17.9. The van der Waals surface area contributed by atoms with E-state index in [2.05, 4.69) is 75.6 Å². The number of nitrogens with zero attached hydrogens (tertiary/aromatic N) is 1. The SMILES string of the molecule is C=C(C)C(O)Oc1ccc(N(c2ccc(C)c(C)c2)c2ccc(C)c(C)c2)cc1. The summed E-state index contributed by atoms with van der Waals surface area (Å²) < 4.78 is 5.53. The number of aryl methyl sites for hydroxylation is 4. The highest BCUT2D eigenvalue weighted by Gasteiger charge is 2.15. The first-order chi connectivity index (χ1) is 13.8. The van der Waals surface area contributed by atoms with E-state index in [1.807, 2.05) is 24.3 Å². The van der Waals surface area contributed by atoms with Crippen molar-refractivity contribution in [1.29, 1.82) is 0 Å². The fourth-order valence-electron chi connectivity index (χ4n) is 3.08. The molecule has 150 valence electrons. The van der Waals surface area contributed by atoms with Crippen molar-refractivity contribution in [2.75, 3.05) is 4.90 Å². The Hall–Kier alpha value is -3.04. The van der Waals surface area contributed by atoms with Crippen molar-refractivity contribution in [3.05, 3.63) is 95.1 Å². The highest BCUT2D eigenvalue weighted by Crippen LogP contribution is 2.37. The maximum atomic E-state index is 9.90. The van der Waals surface area contributed by atoms with E-state index >= 15 is 0 Å². The van der Waals surface area contributed by atoms with Crippen LogP contribution in [0.3, 0.4) is 0 Å². The minimum atomic E-state index is -1.00. The van der Waals surface area contributed by atoms with Gasteiger partial charge < -0.3 is 14.7 Å². The largest absolute Gasteiger partial charge is 0.461 e. The molecule has 3 heteroatoms. The number of rotatable bonds is 6. The zero-order valence-corrected chi connectivity index (χ0v) is 17.9. The monoisotopic (exact) mass is 387 g/mol. The van der Waals surface area contributed by atoms with Gasteiger partial charge in [0.2, 0.25) is 6.29 Å². The van der Waals surface area contributed by atoms with Crippen LogP contribution in [0.5, 0.6) is 5.75 Å². The van der Waals surface area contributed by atoms with Gasteiger partial charge in [0, 0.05) is 17.1 Å². The molecule has 0 aromatic heterocycles. The van der Waals surface area contributed by atoms with Gasteiger partial charge in [-0.25, -0.2) is 0 Å². The molecule has 3 rings (SSSR count). The molecule has 0 saturated carbocycles. The van der Waals surface area contributed by atoms with Crippen LogP contribution < -0.4 is 9.64 Å². The highest BCUT2D eigenvalue weighted by atomic mass is 16.6. The lowest BCUT2D eigenvalue weighted by molar-refractivity contribution is 0.0151. The fourth-order valence-corrected chi connectivity index (χ4v) is 3.08. The molecule has 3 nitrogen and oxygen atoms in total. The quantitative estimate of drug-likeness (QED) is 0.379. The summed E-state index contributed by atoms with van der Waals surface area (Å²) in [4.78, 5) is 2.23. The van der Waals surface area contributed by atoms with Crippen molar-refractivity contribution in [3.63, 3.8) is 0 Å². The molecule has 3 aromatic carbocycles. The van der Waals surface area contributed by atoms with Crippen LogP contribution in [0.4, 0.5) is 17.1 Å². The second kappa shape index (κ2) is 8.54. The number of hydrogen-bond donors (Lipinski definition) is 1. The van der Waals surface area contributed by atoms with Gasteiger partial charge in [-0.2, -0.15) is 0 Å². The van der Waals surface area contributed by atoms with Gasteiger partial charge in [0.1, 0.15) is 5.75 Å². The third-order valence-corrected chi connectivity index (χ3v) is 5.26. The van der Waals surface area contributed by atoms with Crippen LogP contribution in [0.1, 0.15) is 29.2 Å². The lowest BCUT2D eigenvalue weighted by Crippen LogP contribution is -2.16. The van der Waals surface area contributed by atoms with E-state index in [-0.39, 0.29) is 0 Å². The summed E-state index contributed by atoms with van der Waals surface area (Å²) in [7, 11) is 0. The highest BCUT2D eigenvalue weighted by molar-refractivity contribution is 5.77. The maximum Gasteiger partial charge on any atom is 0.219 e. The molecule has 1 atom stereocenters. The van der Waals surface area contributed by atoms with Gasteiger partial charge in [0.25, 0.3) is 0 Å². The van der Waals surface area contributed by atoms with E-state index < -0.39 is 6.29 Å². The molecule has 0 radical (unpaired) electrons. The summed E-state index contributed by atoms with van der Waals surface area (Å²) in [6.07, 6.45) is -1.00. The summed E-state index contributed by atoms with van der Waals surface area (Å²) in [5, 5.41) is 9.90. The summed E-state index contributed by atoms with van der Waals surface area (Å²) in [6, 6.07) is 20.8. The molecular weight excluding hydrogens is 358 g/mol. The molecule has 0 heterocycles. The predicted octanol–water partition coefficient (Wildman–Crippen LogP) is 6.66. The molecule has 1 unspecified atom stereocenters. The van der Waals surface area contributed by atoms with Gasteiger partial charge in [-0.3, -0.25) is 0 Å². The van der Waals surface area contributed by atoms with Crippen molar-refractivity contribution in [2.24, 2.45) is 0 Å². The Kier molecular flexibility index (Phi) is 6.09. The molecule has 3 aromatic rings. The predicted molar refractivity (Wildman–Crippen MR) is 122 cm³/mol. The van der Waals surface area contributed by atoms with Crippen LogP contribution in [-0.4, -0.2) is 11.4 Å². The number of benzene rings is 3. The van der Waals surface area contributed by atoms with E-state index in [0.29, 0.717) is 11.3 Å². The van der Waals surface area contributed by atoms with Gasteiger partial charge in [-0.05, 0) is 111 Å². The summed E-state index contributed by atoms with van der Waals surface area (Å²) in [6.45, 7) is 14.0. The van der Waals surface area contributed by atoms with Crippen LogP contribution in [0.15, 0.2) is 72.8 Å². The average Bonchev–Trinajstić information content (AvgIpc) is 2.68. The zero-order chi connectivity index (χ0) is 21.1. The second-order valence-corrected chi connectivity index (χ2v) is 7.68. The van der Waals surface area contributed by atoms with Gasteiger partial charge in [0.05, 0.1) is 0 Å². The average molecular weight is 388 g/mol. The van der Waals surface area contributed by atoms with Crippen molar-refractivity contribution < 1.29 is 9.84 Å². The van der Waals surface area contributed by atoms with Crippen LogP contribution in [-0.2, 0) is 0 Å². The van der Waals surface area contributed by atoms with Crippen molar-refractivity contribution in [2.45, 2.75) is 40.9 Å². The lowest BCUT2D eigenvalue weighted by Gasteiger charge is -2.27. The Morgan fingerprint density at radius 1 is 0.759 bits per heavy atom. The third-order valence-electron chi connectivity index (χ3n) is 5.26. The van der Waals surface area contributed by atoms with Crippen LogP contribution >= 0.6 is 0 Å². The van der Waals surface area contributed by atoms with Crippen LogP contribution in [0.25, 0.3) is 0 Å². The van der Waals surface area contributed by atoms with Gasteiger partial charge in [0.15, 0.2) is 0 Å². The first kappa shape index (κ1) is 20.7. The molecule has 0 saturated heterocycles. The van der Waals surface area contributed by atoms with Crippen molar-refractivity contribution >= 4 is 17.1 Å². The van der Waals surface area contributed by atoms with Gasteiger partial charge in [-0.15, -0.1) is 0 Å². The number of anilines is 3. The molecule has 29 heavy (non-hydrogen) atoms.